The van der Waals surface area contributed by atoms with Gasteiger partial charge in [-0.2, -0.15) is 17.5 Å². The minimum absolute atomic E-state index is 0.0825. The lowest BCUT2D eigenvalue weighted by Gasteiger charge is -2.25. The molecule has 2 atom stereocenters. The molecule has 10 heteroatoms. The minimum Gasteiger partial charge on any atom is -0.348 e. The topological polar surface area (TPSA) is 66.5 Å². The zero-order valence-electron chi connectivity index (χ0n) is 19.3. The number of amides is 1. The molecule has 0 aliphatic carbocycles. The summed E-state index contributed by atoms with van der Waals surface area (Å²) in [5.74, 6) is -1.01. The van der Waals surface area contributed by atoms with Crippen molar-refractivity contribution in [2.75, 3.05) is 6.54 Å². The number of rotatable bonds is 6. The maximum absolute atomic E-state index is 13.2. The van der Waals surface area contributed by atoms with E-state index in [4.69, 9.17) is 0 Å². The van der Waals surface area contributed by atoms with E-state index in [1.165, 1.54) is 24.3 Å². The fourth-order valence-corrected chi connectivity index (χ4v) is 5.92. The third-order valence-corrected chi connectivity index (χ3v) is 8.14. The lowest BCUT2D eigenvalue weighted by atomic mass is 9.99. The molecule has 1 amide bonds. The molecule has 4 rings (SSSR count). The highest BCUT2D eigenvalue weighted by atomic mass is 32.2. The summed E-state index contributed by atoms with van der Waals surface area (Å²) in [7, 11) is -3.98. The van der Waals surface area contributed by atoms with Gasteiger partial charge in [0.15, 0.2) is 0 Å². The Hall–Kier alpha value is -3.24. The van der Waals surface area contributed by atoms with E-state index in [-0.39, 0.29) is 11.4 Å². The number of alkyl halides is 3. The summed E-state index contributed by atoms with van der Waals surface area (Å²) in [5, 5.41) is 2.85. The van der Waals surface area contributed by atoms with Gasteiger partial charge in [0.1, 0.15) is 11.9 Å². The first-order valence-corrected chi connectivity index (χ1v) is 12.8. The lowest BCUT2D eigenvalue weighted by Crippen LogP contribution is -2.46. The first kappa shape index (κ1) is 25.8. The van der Waals surface area contributed by atoms with Crippen LogP contribution in [0, 0.1) is 5.82 Å². The second-order valence-corrected chi connectivity index (χ2v) is 10.5. The number of carbonyl (C=O) groups is 1. The van der Waals surface area contributed by atoms with E-state index in [1.54, 1.807) is 31.2 Å². The van der Waals surface area contributed by atoms with Crippen molar-refractivity contribution < 1.29 is 30.8 Å². The predicted molar refractivity (Wildman–Crippen MR) is 127 cm³/mol. The van der Waals surface area contributed by atoms with Crippen LogP contribution in [0.15, 0.2) is 77.7 Å². The van der Waals surface area contributed by atoms with Gasteiger partial charge in [-0.05, 0) is 78.9 Å². The number of hydrogen-bond acceptors (Lipinski definition) is 3. The number of sulfonamides is 1. The fraction of sp³-hybridized carbons (Fsp3) is 0.269. The molecule has 3 aromatic carbocycles. The van der Waals surface area contributed by atoms with Crippen molar-refractivity contribution in [1.29, 1.82) is 0 Å². The molecule has 1 aliphatic rings. The Morgan fingerprint density at radius 1 is 1.00 bits per heavy atom. The first-order chi connectivity index (χ1) is 17.0. The molecule has 0 aromatic heterocycles. The molecular weight excluding hydrogens is 496 g/mol. The zero-order valence-corrected chi connectivity index (χ0v) is 20.1. The van der Waals surface area contributed by atoms with Gasteiger partial charge in [0.25, 0.3) is 0 Å². The average molecular weight is 521 g/mol. The number of benzene rings is 3. The fourth-order valence-electron chi connectivity index (χ4n) is 4.26. The summed E-state index contributed by atoms with van der Waals surface area (Å²) in [6.45, 7) is 1.92. The molecule has 1 saturated heterocycles. The smallest absolute Gasteiger partial charge is 0.348 e. The Labute approximate surface area is 206 Å². The van der Waals surface area contributed by atoms with Gasteiger partial charge in [-0.25, -0.2) is 12.8 Å². The van der Waals surface area contributed by atoms with Crippen LogP contribution in [0.5, 0.6) is 0 Å². The Morgan fingerprint density at radius 3 is 2.31 bits per heavy atom. The molecular formula is C26H24F4N2O3S. The van der Waals surface area contributed by atoms with Crippen molar-refractivity contribution in [2.24, 2.45) is 0 Å². The highest BCUT2D eigenvalue weighted by Gasteiger charge is 2.39. The van der Waals surface area contributed by atoms with Crippen molar-refractivity contribution >= 4 is 15.9 Å². The minimum atomic E-state index is -4.42. The molecule has 3 aromatic rings. The molecule has 1 heterocycles. The van der Waals surface area contributed by atoms with Gasteiger partial charge in [0.2, 0.25) is 15.9 Å². The summed E-state index contributed by atoms with van der Waals surface area (Å²) in [6.07, 6.45) is -3.56. The number of hydrogen-bond donors (Lipinski definition) is 1. The van der Waals surface area contributed by atoms with Crippen LogP contribution in [0.3, 0.4) is 0 Å². The van der Waals surface area contributed by atoms with E-state index in [2.05, 4.69) is 5.32 Å². The SMILES string of the molecule is CC(NC(=O)[C@@H]1CCCN1S(=O)(=O)c1ccc(F)cc1)c1cccc(-c2ccc(C(F)(F)F)cc2)c1. The van der Waals surface area contributed by atoms with E-state index < -0.39 is 45.6 Å². The highest BCUT2D eigenvalue weighted by Crippen LogP contribution is 2.32. The van der Waals surface area contributed by atoms with Gasteiger partial charge in [-0.3, -0.25) is 4.79 Å². The Morgan fingerprint density at radius 2 is 1.67 bits per heavy atom. The van der Waals surface area contributed by atoms with Crippen molar-refractivity contribution in [1.82, 2.24) is 9.62 Å². The maximum Gasteiger partial charge on any atom is 0.416 e. The largest absolute Gasteiger partial charge is 0.416 e. The van der Waals surface area contributed by atoms with Crippen LogP contribution in [0.25, 0.3) is 11.1 Å². The molecule has 190 valence electrons. The molecule has 5 nitrogen and oxygen atoms in total. The first-order valence-electron chi connectivity index (χ1n) is 11.3. The third-order valence-electron chi connectivity index (χ3n) is 6.22. The van der Waals surface area contributed by atoms with Crippen molar-refractivity contribution in [3.63, 3.8) is 0 Å². The summed E-state index contributed by atoms with van der Waals surface area (Å²) >= 11 is 0. The van der Waals surface area contributed by atoms with Crippen molar-refractivity contribution in [3.8, 4) is 11.1 Å². The van der Waals surface area contributed by atoms with Crippen LogP contribution in [0.2, 0.25) is 0 Å². The number of nitrogens with one attached hydrogen (secondary N) is 1. The van der Waals surface area contributed by atoms with Gasteiger partial charge in [0.05, 0.1) is 16.5 Å². The monoisotopic (exact) mass is 520 g/mol. The number of carbonyl (C=O) groups excluding carboxylic acids is 1. The zero-order chi connectivity index (χ0) is 26.1. The molecule has 0 spiro atoms. The number of halogens is 4. The van der Waals surface area contributed by atoms with E-state index in [0.29, 0.717) is 29.5 Å². The molecule has 0 bridgehead atoms. The summed E-state index contributed by atoms with van der Waals surface area (Å²) in [4.78, 5) is 13.0. The predicted octanol–water partition coefficient (Wildman–Crippen LogP) is 5.54. The third kappa shape index (κ3) is 5.44. The quantitative estimate of drug-likeness (QED) is 0.434. The second kappa shape index (κ2) is 10.0. The summed E-state index contributed by atoms with van der Waals surface area (Å²) in [5.41, 5.74) is 1.26. The van der Waals surface area contributed by atoms with Gasteiger partial charge in [-0.1, -0.05) is 30.3 Å². The van der Waals surface area contributed by atoms with Crippen molar-refractivity contribution in [3.05, 3.63) is 89.7 Å². The molecule has 0 radical (unpaired) electrons. The lowest BCUT2D eigenvalue weighted by molar-refractivity contribution is -0.137. The van der Waals surface area contributed by atoms with E-state index >= 15 is 0 Å². The van der Waals surface area contributed by atoms with Crippen LogP contribution >= 0.6 is 0 Å². The van der Waals surface area contributed by atoms with Crippen molar-refractivity contribution in [2.45, 2.75) is 42.9 Å². The normalized spacial score (nSPS) is 17.6. The highest BCUT2D eigenvalue weighted by molar-refractivity contribution is 7.89. The van der Waals surface area contributed by atoms with Gasteiger partial charge in [0, 0.05) is 6.54 Å². The van der Waals surface area contributed by atoms with Crippen LogP contribution in [0.4, 0.5) is 17.6 Å². The molecule has 1 unspecified atom stereocenters. The summed E-state index contributed by atoms with van der Waals surface area (Å²) < 4.78 is 79.1. The maximum atomic E-state index is 13.2. The van der Waals surface area contributed by atoms with E-state index in [1.807, 2.05) is 0 Å². The van der Waals surface area contributed by atoms with Crippen LogP contribution < -0.4 is 5.32 Å². The molecule has 1 aliphatic heterocycles. The van der Waals surface area contributed by atoms with Gasteiger partial charge in [-0.15, -0.1) is 0 Å². The van der Waals surface area contributed by atoms with Crippen LogP contribution in [-0.4, -0.2) is 31.2 Å². The van der Waals surface area contributed by atoms with Gasteiger partial charge >= 0.3 is 6.18 Å². The molecule has 1 fully saturated rings. The summed E-state index contributed by atoms with van der Waals surface area (Å²) in [6, 6.07) is 14.9. The average Bonchev–Trinajstić information content (AvgIpc) is 3.35. The Balaban J connectivity index is 1.49. The standard InChI is InChI=1S/C26H24F4N2O3S/c1-17(19-4-2-5-20(16-19)18-7-9-21(10-8-18)26(28,29)30)31-25(33)24-6-3-15-32(24)36(34,35)23-13-11-22(27)12-14-23/h2,4-5,7-14,16-17,24H,3,6,15H2,1H3,(H,31,33)/t17?,24-/m0/s1. The Bertz CT molecular complexity index is 1340. The van der Waals surface area contributed by atoms with Crippen LogP contribution in [0.1, 0.15) is 36.9 Å². The van der Waals surface area contributed by atoms with E-state index in [0.717, 1.165) is 28.6 Å². The van der Waals surface area contributed by atoms with Crippen LogP contribution in [-0.2, 0) is 21.0 Å². The molecule has 0 saturated carbocycles. The number of nitrogens with zero attached hydrogens (tertiary/aromatic N) is 1. The second-order valence-electron chi connectivity index (χ2n) is 8.66. The molecule has 36 heavy (non-hydrogen) atoms. The van der Waals surface area contributed by atoms with E-state index in [9.17, 15) is 30.8 Å². The Kier molecular flexibility index (Phi) is 7.19. The molecule has 1 N–H and O–H groups in total. The van der Waals surface area contributed by atoms with Gasteiger partial charge < -0.3 is 5.32 Å².